The largest absolute Gasteiger partial charge is 0.497 e. The van der Waals surface area contributed by atoms with Crippen molar-refractivity contribution in [3.8, 4) is 5.75 Å². The van der Waals surface area contributed by atoms with E-state index in [2.05, 4.69) is 5.32 Å². The summed E-state index contributed by atoms with van der Waals surface area (Å²) in [4.78, 5) is 40.5. The summed E-state index contributed by atoms with van der Waals surface area (Å²) in [5.74, 6) is 0.000486. The molecule has 0 spiro atoms. The van der Waals surface area contributed by atoms with Crippen molar-refractivity contribution in [2.45, 2.75) is 12.8 Å². The van der Waals surface area contributed by atoms with Gasteiger partial charge in [0.05, 0.1) is 25.5 Å². The molecule has 0 radical (unpaired) electrons. The number of rotatable bonds is 6. The number of piperidine rings is 1. The second-order valence-corrected chi connectivity index (χ2v) is 7.05. The molecule has 29 heavy (non-hydrogen) atoms. The van der Waals surface area contributed by atoms with Gasteiger partial charge >= 0.3 is 0 Å². The van der Waals surface area contributed by atoms with Crippen LogP contribution in [0.1, 0.15) is 23.2 Å². The molecule has 3 amide bonds. The molecule has 0 unspecified atom stereocenters. The number of benzene rings is 1. The van der Waals surface area contributed by atoms with Crippen LogP contribution in [0.25, 0.3) is 0 Å². The lowest BCUT2D eigenvalue weighted by Gasteiger charge is -2.32. The predicted octanol–water partition coefficient (Wildman–Crippen LogP) is 2.24. The van der Waals surface area contributed by atoms with Crippen molar-refractivity contribution >= 4 is 23.4 Å². The third kappa shape index (κ3) is 5.16. The Labute approximate surface area is 169 Å². The van der Waals surface area contributed by atoms with E-state index in [-0.39, 0.29) is 30.2 Å². The topological polar surface area (TPSA) is 92.1 Å². The summed E-state index contributed by atoms with van der Waals surface area (Å²) < 4.78 is 10.1. The molecule has 3 rings (SSSR count). The zero-order valence-corrected chi connectivity index (χ0v) is 16.6. The number of hydrogen-bond donors (Lipinski definition) is 1. The first-order valence-electron chi connectivity index (χ1n) is 9.48. The molecule has 1 aromatic heterocycles. The van der Waals surface area contributed by atoms with Crippen LogP contribution in [0, 0.1) is 5.92 Å². The molecule has 0 aliphatic carbocycles. The van der Waals surface area contributed by atoms with Crippen molar-refractivity contribution in [1.29, 1.82) is 0 Å². The number of carbonyl (C=O) groups excluding carboxylic acids is 3. The molecule has 8 nitrogen and oxygen atoms in total. The molecular formula is C21H25N3O5. The van der Waals surface area contributed by atoms with E-state index in [1.54, 1.807) is 49.4 Å². The zero-order chi connectivity index (χ0) is 20.8. The fourth-order valence-corrected chi connectivity index (χ4v) is 3.40. The van der Waals surface area contributed by atoms with Crippen molar-refractivity contribution in [3.05, 3.63) is 48.4 Å². The van der Waals surface area contributed by atoms with E-state index in [1.165, 1.54) is 17.4 Å². The number of likely N-dealkylation sites (tertiary alicyclic amines) is 1. The molecule has 0 saturated carbocycles. The molecule has 2 aromatic rings. The summed E-state index contributed by atoms with van der Waals surface area (Å²) in [6, 6.07) is 8.67. The summed E-state index contributed by atoms with van der Waals surface area (Å²) in [7, 11) is 3.18. The number of anilines is 1. The van der Waals surface area contributed by atoms with Crippen LogP contribution in [0.5, 0.6) is 5.75 Å². The molecule has 1 saturated heterocycles. The third-order valence-corrected chi connectivity index (χ3v) is 5.01. The summed E-state index contributed by atoms with van der Waals surface area (Å²) in [5, 5.41) is 2.77. The molecular weight excluding hydrogens is 374 g/mol. The Bertz CT molecular complexity index is 857. The number of nitrogens with zero attached hydrogens (tertiary/aromatic N) is 2. The lowest BCUT2D eigenvalue weighted by Crippen LogP contribution is -2.45. The first kappa shape index (κ1) is 20.4. The van der Waals surface area contributed by atoms with E-state index < -0.39 is 0 Å². The summed E-state index contributed by atoms with van der Waals surface area (Å²) in [6.07, 6.45) is 4.04. The molecule has 1 fully saturated rings. The van der Waals surface area contributed by atoms with Gasteiger partial charge in [-0.05, 0) is 31.0 Å². The molecule has 1 aliphatic rings. The van der Waals surface area contributed by atoms with Gasteiger partial charge in [0, 0.05) is 37.8 Å². The fraction of sp³-hybridized carbons (Fsp3) is 0.381. The number of carbonyl (C=O) groups is 3. The van der Waals surface area contributed by atoms with Crippen LogP contribution in [0.3, 0.4) is 0 Å². The molecule has 1 aliphatic heterocycles. The van der Waals surface area contributed by atoms with Gasteiger partial charge in [-0.3, -0.25) is 14.4 Å². The van der Waals surface area contributed by atoms with E-state index >= 15 is 0 Å². The van der Waals surface area contributed by atoms with Gasteiger partial charge in [-0.1, -0.05) is 6.07 Å². The van der Waals surface area contributed by atoms with Gasteiger partial charge in [0.1, 0.15) is 12.0 Å². The zero-order valence-electron chi connectivity index (χ0n) is 16.6. The molecule has 154 valence electrons. The third-order valence-electron chi connectivity index (χ3n) is 5.01. The number of ether oxygens (including phenoxy) is 1. The smallest absolute Gasteiger partial charge is 0.257 e. The minimum atomic E-state index is -0.276. The highest BCUT2D eigenvalue weighted by Gasteiger charge is 2.30. The van der Waals surface area contributed by atoms with E-state index in [0.29, 0.717) is 42.9 Å². The highest BCUT2D eigenvalue weighted by Crippen LogP contribution is 2.21. The van der Waals surface area contributed by atoms with Gasteiger partial charge in [0.2, 0.25) is 11.8 Å². The second kappa shape index (κ2) is 9.27. The Morgan fingerprint density at radius 1 is 1.24 bits per heavy atom. The maximum absolute atomic E-state index is 12.7. The van der Waals surface area contributed by atoms with Gasteiger partial charge in [-0.15, -0.1) is 0 Å². The molecule has 0 atom stereocenters. The average molecular weight is 399 g/mol. The van der Waals surface area contributed by atoms with Gasteiger partial charge < -0.3 is 24.3 Å². The molecule has 1 N–H and O–H groups in total. The monoisotopic (exact) mass is 399 g/mol. The number of amides is 3. The maximum Gasteiger partial charge on any atom is 0.257 e. The molecule has 8 heteroatoms. The first-order valence-corrected chi connectivity index (χ1v) is 9.48. The van der Waals surface area contributed by atoms with Crippen LogP contribution >= 0.6 is 0 Å². The van der Waals surface area contributed by atoms with E-state index in [9.17, 15) is 14.4 Å². The van der Waals surface area contributed by atoms with Crippen LogP contribution in [0.2, 0.25) is 0 Å². The molecule has 2 heterocycles. The second-order valence-electron chi connectivity index (χ2n) is 7.05. The highest BCUT2D eigenvalue weighted by atomic mass is 16.5. The van der Waals surface area contributed by atoms with E-state index in [4.69, 9.17) is 9.15 Å². The minimum absolute atomic E-state index is 0.0375. The fourth-order valence-electron chi connectivity index (χ4n) is 3.40. The van der Waals surface area contributed by atoms with Crippen molar-refractivity contribution in [1.82, 2.24) is 9.80 Å². The first-order chi connectivity index (χ1) is 14.0. The van der Waals surface area contributed by atoms with E-state index in [0.717, 1.165) is 0 Å². The standard InChI is InChI=1S/C21H25N3O5/c1-23(13-19(25)22-17-4-3-5-18(12-17)28-2)20(26)15-6-9-24(10-7-15)21(27)16-8-11-29-14-16/h3-5,8,11-12,14-15H,6-7,9-10,13H2,1-2H3,(H,22,25). The Morgan fingerprint density at radius 2 is 2.00 bits per heavy atom. The Kier molecular flexibility index (Phi) is 6.54. The van der Waals surface area contributed by atoms with Crippen molar-refractivity contribution < 1.29 is 23.5 Å². The minimum Gasteiger partial charge on any atom is -0.497 e. The summed E-state index contributed by atoms with van der Waals surface area (Å²) in [5.41, 5.74) is 1.13. The molecule has 0 bridgehead atoms. The predicted molar refractivity (Wildman–Crippen MR) is 107 cm³/mol. The van der Waals surface area contributed by atoms with Crippen molar-refractivity contribution in [2.75, 3.05) is 39.1 Å². The van der Waals surface area contributed by atoms with Crippen molar-refractivity contribution in [3.63, 3.8) is 0 Å². The number of likely N-dealkylation sites (N-methyl/N-ethyl adjacent to an activating group) is 1. The highest BCUT2D eigenvalue weighted by molar-refractivity contribution is 5.95. The summed E-state index contributed by atoms with van der Waals surface area (Å²) in [6.45, 7) is 0.971. The lowest BCUT2D eigenvalue weighted by molar-refractivity contribution is -0.138. The van der Waals surface area contributed by atoms with Crippen LogP contribution in [0.4, 0.5) is 5.69 Å². The Balaban J connectivity index is 1.47. The van der Waals surface area contributed by atoms with Crippen LogP contribution < -0.4 is 10.1 Å². The maximum atomic E-state index is 12.7. The van der Waals surface area contributed by atoms with E-state index in [1.807, 2.05) is 0 Å². The van der Waals surface area contributed by atoms with Gasteiger partial charge in [0.15, 0.2) is 0 Å². The molecule has 1 aromatic carbocycles. The summed E-state index contributed by atoms with van der Waals surface area (Å²) >= 11 is 0. The number of nitrogens with one attached hydrogen (secondary N) is 1. The number of hydrogen-bond acceptors (Lipinski definition) is 5. The van der Waals surface area contributed by atoms with Crippen molar-refractivity contribution in [2.24, 2.45) is 5.92 Å². The van der Waals surface area contributed by atoms with Crippen LogP contribution in [0.15, 0.2) is 47.3 Å². The van der Waals surface area contributed by atoms with Gasteiger partial charge in [0.25, 0.3) is 5.91 Å². The lowest BCUT2D eigenvalue weighted by atomic mass is 9.95. The van der Waals surface area contributed by atoms with Crippen LogP contribution in [-0.2, 0) is 9.59 Å². The normalized spacial score (nSPS) is 14.3. The van der Waals surface area contributed by atoms with Crippen LogP contribution in [-0.4, -0.2) is 61.3 Å². The average Bonchev–Trinajstić information content (AvgIpc) is 3.27. The Morgan fingerprint density at radius 3 is 2.66 bits per heavy atom. The number of furan rings is 1. The van der Waals surface area contributed by atoms with Gasteiger partial charge in [-0.2, -0.15) is 0 Å². The number of methoxy groups -OCH3 is 1. The quantitative estimate of drug-likeness (QED) is 0.804. The SMILES string of the molecule is COc1cccc(NC(=O)CN(C)C(=O)C2CCN(C(=O)c3ccoc3)CC2)c1. The Hall–Kier alpha value is -3.29. The van der Waals surface area contributed by atoms with Gasteiger partial charge in [-0.25, -0.2) is 0 Å².